The maximum Gasteiger partial charge on any atom is 0.274 e. The Morgan fingerprint density at radius 1 is 1.36 bits per heavy atom. The number of nitrogens with zero attached hydrogens (tertiary/aromatic N) is 1. The Labute approximate surface area is 126 Å². The maximum atomic E-state index is 12.8. The average Bonchev–Trinajstić information content (AvgIpc) is 2.54. The predicted molar refractivity (Wildman–Crippen MR) is 75.9 cm³/mol. The molecule has 0 bridgehead atoms. The van der Waals surface area contributed by atoms with E-state index in [-0.39, 0.29) is 29.5 Å². The first-order valence-corrected chi connectivity index (χ1v) is 6.45. The van der Waals surface area contributed by atoms with Crippen molar-refractivity contribution in [3.05, 3.63) is 53.1 Å². The van der Waals surface area contributed by atoms with E-state index in [0.717, 1.165) is 0 Å². The highest BCUT2D eigenvalue weighted by Crippen LogP contribution is 2.29. The smallest absolute Gasteiger partial charge is 0.274 e. The number of aromatic hydroxyl groups is 1. The van der Waals surface area contributed by atoms with Crippen LogP contribution in [0.1, 0.15) is 21.7 Å². The lowest BCUT2D eigenvalue weighted by molar-refractivity contribution is 0.0941. The monoisotopic (exact) mass is 306 g/mol. The standard InChI is InChI=1S/C15H15FN2O4/c1-22-12-6-11(8-19)18-13(14(12)20)15(21)17-7-9-2-4-10(16)5-3-9/h2-6,19-20H,7-8H2,1H3,(H,17,21). The normalized spacial score (nSPS) is 10.3. The summed E-state index contributed by atoms with van der Waals surface area (Å²) >= 11 is 0. The molecule has 0 unspecified atom stereocenters. The molecule has 7 heteroatoms. The molecule has 1 amide bonds. The van der Waals surface area contributed by atoms with Gasteiger partial charge in [0, 0.05) is 12.6 Å². The number of amides is 1. The zero-order valence-electron chi connectivity index (χ0n) is 11.8. The third-order valence-corrected chi connectivity index (χ3v) is 2.97. The van der Waals surface area contributed by atoms with Gasteiger partial charge in [-0.25, -0.2) is 9.37 Å². The Kier molecular flexibility index (Phi) is 4.90. The van der Waals surface area contributed by atoms with Gasteiger partial charge in [-0.05, 0) is 17.7 Å². The highest BCUT2D eigenvalue weighted by molar-refractivity contribution is 5.95. The van der Waals surface area contributed by atoms with E-state index >= 15 is 0 Å². The molecule has 2 rings (SSSR count). The van der Waals surface area contributed by atoms with Crippen LogP contribution in [0, 0.1) is 5.82 Å². The van der Waals surface area contributed by atoms with Gasteiger partial charge < -0.3 is 20.3 Å². The number of aliphatic hydroxyl groups is 1. The number of aliphatic hydroxyl groups excluding tert-OH is 1. The molecule has 22 heavy (non-hydrogen) atoms. The van der Waals surface area contributed by atoms with Crippen molar-refractivity contribution in [1.29, 1.82) is 0 Å². The highest BCUT2D eigenvalue weighted by Gasteiger charge is 2.18. The number of ether oxygens (including phenoxy) is 1. The van der Waals surface area contributed by atoms with E-state index in [9.17, 15) is 14.3 Å². The van der Waals surface area contributed by atoms with Gasteiger partial charge in [-0.3, -0.25) is 4.79 Å². The first-order chi connectivity index (χ1) is 10.5. The van der Waals surface area contributed by atoms with E-state index in [2.05, 4.69) is 10.3 Å². The van der Waals surface area contributed by atoms with Crippen LogP contribution in [0.5, 0.6) is 11.5 Å². The van der Waals surface area contributed by atoms with E-state index in [0.29, 0.717) is 5.56 Å². The topological polar surface area (TPSA) is 91.7 Å². The molecule has 116 valence electrons. The van der Waals surface area contributed by atoms with E-state index < -0.39 is 18.3 Å². The number of benzene rings is 1. The van der Waals surface area contributed by atoms with Gasteiger partial charge >= 0.3 is 0 Å². The van der Waals surface area contributed by atoms with E-state index in [1.807, 2.05) is 0 Å². The number of nitrogens with one attached hydrogen (secondary N) is 1. The van der Waals surface area contributed by atoms with Gasteiger partial charge in [-0.1, -0.05) is 12.1 Å². The molecule has 0 aliphatic rings. The van der Waals surface area contributed by atoms with Crippen LogP contribution < -0.4 is 10.1 Å². The highest BCUT2D eigenvalue weighted by atomic mass is 19.1. The van der Waals surface area contributed by atoms with Crippen LogP contribution in [0.4, 0.5) is 4.39 Å². The van der Waals surface area contributed by atoms with Crippen LogP contribution >= 0.6 is 0 Å². The number of aromatic nitrogens is 1. The first kappa shape index (κ1) is 15.7. The molecule has 0 aliphatic heterocycles. The SMILES string of the molecule is COc1cc(CO)nc(C(=O)NCc2ccc(F)cc2)c1O. The maximum absolute atomic E-state index is 12.8. The van der Waals surface area contributed by atoms with E-state index in [1.165, 1.54) is 37.4 Å². The third-order valence-electron chi connectivity index (χ3n) is 2.97. The van der Waals surface area contributed by atoms with Crippen molar-refractivity contribution >= 4 is 5.91 Å². The lowest BCUT2D eigenvalue weighted by Gasteiger charge is -2.10. The van der Waals surface area contributed by atoms with Crippen LogP contribution in [0.25, 0.3) is 0 Å². The summed E-state index contributed by atoms with van der Waals surface area (Å²) in [7, 11) is 1.33. The van der Waals surface area contributed by atoms with Gasteiger partial charge in [0.1, 0.15) is 5.82 Å². The van der Waals surface area contributed by atoms with Crippen LogP contribution in [-0.2, 0) is 13.2 Å². The number of pyridine rings is 1. The van der Waals surface area contributed by atoms with Gasteiger partial charge in [-0.15, -0.1) is 0 Å². The minimum Gasteiger partial charge on any atom is -0.503 e. The van der Waals surface area contributed by atoms with Gasteiger partial charge in [0.05, 0.1) is 19.4 Å². The lowest BCUT2D eigenvalue weighted by Crippen LogP contribution is -2.24. The van der Waals surface area contributed by atoms with Crippen LogP contribution in [0.3, 0.4) is 0 Å². The van der Waals surface area contributed by atoms with Crippen LogP contribution in [-0.4, -0.2) is 28.2 Å². The quantitative estimate of drug-likeness (QED) is 0.776. The summed E-state index contributed by atoms with van der Waals surface area (Å²) in [6.07, 6.45) is 0. The molecule has 1 heterocycles. The molecule has 1 aromatic heterocycles. The minimum atomic E-state index is -0.629. The molecule has 0 saturated heterocycles. The fourth-order valence-electron chi connectivity index (χ4n) is 1.83. The number of halogens is 1. The van der Waals surface area contributed by atoms with Gasteiger partial charge in [0.25, 0.3) is 5.91 Å². The molecule has 0 fully saturated rings. The van der Waals surface area contributed by atoms with Crippen molar-refractivity contribution in [1.82, 2.24) is 10.3 Å². The van der Waals surface area contributed by atoms with Crippen molar-refractivity contribution in [3.8, 4) is 11.5 Å². The number of rotatable bonds is 5. The lowest BCUT2D eigenvalue weighted by atomic mass is 10.2. The van der Waals surface area contributed by atoms with Crippen molar-refractivity contribution < 1.29 is 24.1 Å². The summed E-state index contributed by atoms with van der Waals surface area (Å²) in [5.41, 5.74) is 0.645. The molecule has 2 aromatic rings. The second-order valence-corrected chi connectivity index (χ2v) is 4.48. The number of methoxy groups -OCH3 is 1. The third kappa shape index (κ3) is 3.50. The molecule has 0 saturated carbocycles. The zero-order valence-corrected chi connectivity index (χ0v) is 11.8. The Balaban J connectivity index is 2.16. The number of carbonyl (C=O) groups excluding carboxylic acids is 1. The van der Waals surface area contributed by atoms with Gasteiger partial charge in [-0.2, -0.15) is 0 Å². The Bertz CT molecular complexity index is 674. The second kappa shape index (κ2) is 6.86. The molecule has 0 radical (unpaired) electrons. The van der Waals surface area contributed by atoms with E-state index in [4.69, 9.17) is 9.84 Å². The number of hydrogen-bond donors (Lipinski definition) is 3. The fourth-order valence-corrected chi connectivity index (χ4v) is 1.83. The van der Waals surface area contributed by atoms with Crippen molar-refractivity contribution in [2.45, 2.75) is 13.2 Å². The summed E-state index contributed by atoms with van der Waals surface area (Å²) in [4.78, 5) is 16.0. The van der Waals surface area contributed by atoms with Crippen molar-refractivity contribution in [2.75, 3.05) is 7.11 Å². The molecule has 0 atom stereocenters. The second-order valence-electron chi connectivity index (χ2n) is 4.48. The summed E-state index contributed by atoms with van der Waals surface area (Å²) in [6, 6.07) is 6.98. The van der Waals surface area contributed by atoms with Crippen LogP contribution in [0.2, 0.25) is 0 Å². The molecule has 0 aliphatic carbocycles. The number of hydrogen-bond acceptors (Lipinski definition) is 5. The summed E-state index contributed by atoms with van der Waals surface area (Å²) in [5, 5.41) is 21.6. The summed E-state index contributed by atoms with van der Waals surface area (Å²) < 4.78 is 17.7. The Hall–Kier alpha value is -2.67. The molecule has 1 aromatic carbocycles. The fraction of sp³-hybridized carbons (Fsp3) is 0.200. The Morgan fingerprint density at radius 3 is 2.64 bits per heavy atom. The molecular weight excluding hydrogens is 291 g/mol. The van der Waals surface area contributed by atoms with Crippen LogP contribution in [0.15, 0.2) is 30.3 Å². The Morgan fingerprint density at radius 2 is 2.05 bits per heavy atom. The largest absolute Gasteiger partial charge is 0.503 e. The first-order valence-electron chi connectivity index (χ1n) is 6.45. The summed E-state index contributed by atoms with van der Waals surface area (Å²) in [6.45, 7) is -0.249. The molecule has 0 spiro atoms. The van der Waals surface area contributed by atoms with Gasteiger partial charge in [0.2, 0.25) is 0 Å². The van der Waals surface area contributed by atoms with E-state index in [1.54, 1.807) is 0 Å². The molecule has 3 N–H and O–H groups in total. The zero-order chi connectivity index (χ0) is 16.1. The molecule has 6 nitrogen and oxygen atoms in total. The molecular formula is C15H15FN2O4. The predicted octanol–water partition coefficient (Wildman–Crippen LogP) is 1.36. The minimum absolute atomic E-state index is 0.0472. The average molecular weight is 306 g/mol. The van der Waals surface area contributed by atoms with Gasteiger partial charge in [0.15, 0.2) is 17.2 Å². The summed E-state index contributed by atoms with van der Waals surface area (Å²) in [5.74, 6) is -1.35. The van der Waals surface area contributed by atoms with Crippen molar-refractivity contribution in [3.63, 3.8) is 0 Å². The van der Waals surface area contributed by atoms with Crippen molar-refractivity contribution in [2.24, 2.45) is 0 Å². The number of carbonyl (C=O) groups is 1.